The summed E-state index contributed by atoms with van der Waals surface area (Å²) in [6, 6.07) is 28.1. The van der Waals surface area contributed by atoms with Crippen LogP contribution in [0.4, 0.5) is 5.69 Å². The highest BCUT2D eigenvalue weighted by molar-refractivity contribution is 6.02. The lowest BCUT2D eigenvalue weighted by Gasteiger charge is -2.27. The van der Waals surface area contributed by atoms with Crippen LogP contribution in [-0.4, -0.2) is 21.3 Å². The van der Waals surface area contributed by atoms with Crippen LogP contribution < -0.4 is 0 Å². The molecule has 0 amide bonds. The summed E-state index contributed by atoms with van der Waals surface area (Å²) in [7, 11) is 0. The third-order valence-corrected chi connectivity index (χ3v) is 7.65. The van der Waals surface area contributed by atoms with Crippen molar-refractivity contribution in [2.75, 3.05) is 0 Å². The highest BCUT2D eigenvalue weighted by Crippen LogP contribution is 2.39. The number of hydrogen-bond acceptors (Lipinski definition) is 5. The second-order valence-electron chi connectivity index (χ2n) is 12.8. The van der Waals surface area contributed by atoms with Gasteiger partial charge in [0.25, 0.3) is 0 Å². The van der Waals surface area contributed by atoms with Crippen LogP contribution in [-0.2, 0) is 10.8 Å². The lowest BCUT2D eigenvalue weighted by molar-refractivity contribution is 0.444. The third kappa shape index (κ3) is 5.07. The minimum Gasteiger partial charge on any atom is -0.507 e. The number of aromatic nitrogens is 2. The van der Waals surface area contributed by atoms with E-state index in [-0.39, 0.29) is 16.6 Å². The van der Waals surface area contributed by atoms with E-state index >= 15 is 0 Å². The molecular weight excluding hydrogens is 518 g/mol. The van der Waals surface area contributed by atoms with Crippen molar-refractivity contribution in [2.45, 2.75) is 52.4 Å². The fourth-order valence-corrected chi connectivity index (χ4v) is 5.29. The Balaban J connectivity index is 1.45. The van der Waals surface area contributed by atoms with E-state index in [0.717, 1.165) is 44.2 Å². The Kier molecular flexibility index (Phi) is 6.69. The highest BCUT2D eigenvalue weighted by Gasteiger charge is 2.25. The number of para-hydroxylation sites is 2. The van der Waals surface area contributed by atoms with E-state index in [1.54, 1.807) is 12.4 Å². The third-order valence-electron chi connectivity index (χ3n) is 7.65. The maximum absolute atomic E-state index is 11.3. The molecule has 0 fully saturated rings. The molecule has 0 saturated heterocycles. The average Bonchev–Trinajstić information content (AvgIpc) is 3.40. The van der Waals surface area contributed by atoms with Crippen molar-refractivity contribution in [1.29, 1.82) is 0 Å². The fourth-order valence-electron chi connectivity index (χ4n) is 5.29. The van der Waals surface area contributed by atoms with E-state index in [2.05, 4.69) is 70.8 Å². The molecule has 0 unspecified atom stereocenters. The maximum atomic E-state index is 11.3. The molecule has 4 aromatic carbocycles. The van der Waals surface area contributed by atoms with Gasteiger partial charge in [-0.05, 0) is 58.4 Å². The summed E-state index contributed by atoms with van der Waals surface area (Å²) in [4.78, 5) is 14.4. The molecule has 5 nitrogen and oxygen atoms in total. The number of nitrogens with zero attached hydrogens (tertiary/aromatic N) is 3. The molecule has 2 aromatic heterocycles. The van der Waals surface area contributed by atoms with Gasteiger partial charge in [0.05, 0.1) is 16.8 Å². The van der Waals surface area contributed by atoms with Gasteiger partial charge in [-0.2, -0.15) is 0 Å². The van der Waals surface area contributed by atoms with E-state index < -0.39 is 0 Å². The van der Waals surface area contributed by atoms with Gasteiger partial charge >= 0.3 is 0 Å². The van der Waals surface area contributed by atoms with Gasteiger partial charge in [0.1, 0.15) is 11.3 Å². The van der Waals surface area contributed by atoms with Crippen LogP contribution in [0.1, 0.15) is 58.2 Å². The SMILES string of the molecule is CC(C)(C)c1cc(C=Nc2ccccc2-c2nc3c(-c4cccc5ncccc45)cccc3o2)c(O)c(C(C)(C)C)c1. The first-order valence-electron chi connectivity index (χ1n) is 14.3. The van der Waals surface area contributed by atoms with E-state index in [1.807, 2.05) is 60.7 Å². The van der Waals surface area contributed by atoms with Crippen molar-refractivity contribution < 1.29 is 9.52 Å². The Labute approximate surface area is 246 Å². The number of pyridine rings is 1. The van der Waals surface area contributed by atoms with E-state index in [0.29, 0.717) is 22.7 Å². The van der Waals surface area contributed by atoms with Crippen LogP contribution >= 0.6 is 0 Å². The van der Waals surface area contributed by atoms with Crippen molar-refractivity contribution in [1.82, 2.24) is 9.97 Å². The highest BCUT2D eigenvalue weighted by atomic mass is 16.3. The van der Waals surface area contributed by atoms with Gasteiger partial charge in [0.15, 0.2) is 5.58 Å². The summed E-state index contributed by atoms with van der Waals surface area (Å²) in [5.74, 6) is 0.749. The largest absolute Gasteiger partial charge is 0.507 e. The zero-order valence-corrected chi connectivity index (χ0v) is 24.9. The molecule has 42 heavy (non-hydrogen) atoms. The number of phenolic OH excluding ortho intramolecular Hbond substituents is 1. The lowest BCUT2D eigenvalue weighted by atomic mass is 9.79. The Bertz CT molecular complexity index is 1960. The molecule has 6 rings (SSSR count). The van der Waals surface area contributed by atoms with Crippen LogP contribution in [0.25, 0.3) is 44.6 Å². The van der Waals surface area contributed by atoms with Crippen molar-refractivity contribution in [3.05, 3.63) is 108 Å². The molecule has 0 bridgehead atoms. The number of aliphatic imine (C=N–C) groups is 1. The Morgan fingerprint density at radius 2 is 1.50 bits per heavy atom. The monoisotopic (exact) mass is 553 g/mol. The topological polar surface area (TPSA) is 71.5 Å². The fraction of sp³-hybridized carbons (Fsp3) is 0.216. The molecule has 0 radical (unpaired) electrons. The zero-order chi connectivity index (χ0) is 29.6. The van der Waals surface area contributed by atoms with E-state index in [9.17, 15) is 5.11 Å². The molecule has 6 aromatic rings. The smallest absolute Gasteiger partial charge is 0.229 e. The normalized spacial score (nSPS) is 12.5. The zero-order valence-electron chi connectivity index (χ0n) is 24.9. The predicted octanol–water partition coefficient (Wildman–Crippen LogP) is 9.76. The summed E-state index contributed by atoms with van der Waals surface area (Å²) in [5, 5.41) is 12.3. The van der Waals surface area contributed by atoms with Crippen LogP contribution in [0.5, 0.6) is 5.75 Å². The molecule has 1 N–H and O–H groups in total. The molecule has 0 aliphatic rings. The Morgan fingerprint density at radius 3 is 2.29 bits per heavy atom. The number of fused-ring (bicyclic) bond motifs is 2. The number of oxazole rings is 1. The molecular formula is C37H35N3O2. The molecule has 0 atom stereocenters. The van der Waals surface area contributed by atoms with Gasteiger partial charge < -0.3 is 9.52 Å². The first-order chi connectivity index (χ1) is 20.0. The number of phenols is 1. The summed E-state index contributed by atoms with van der Waals surface area (Å²) < 4.78 is 6.32. The maximum Gasteiger partial charge on any atom is 0.229 e. The lowest BCUT2D eigenvalue weighted by Crippen LogP contribution is -2.17. The number of rotatable bonds is 4. The molecule has 0 spiro atoms. The van der Waals surface area contributed by atoms with Gasteiger partial charge in [-0.1, -0.05) is 90.1 Å². The van der Waals surface area contributed by atoms with E-state index in [4.69, 9.17) is 14.4 Å². The van der Waals surface area contributed by atoms with Gasteiger partial charge in [0, 0.05) is 34.5 Å². The first kappa shape index (κ1) is 27.4. The van der Waals surface area contributed by atoms with Gasteiger partial charge in [0.2, 0.25) is 5.89 Å². The summed E-state index contributed by atoms with van der Waals surface area (Å²) in [6.07, 6.45) is 3.55. The van der Waals surface area contributed by atoms with Gasteiger partial charge in [-0.3, -0.25) is 9.98 Å². The van der Waals surface area contributed by atoms with Crippen LogP contribution in [0.2, 0.25) is 0 Å². The molecule has 210 valence electrons. The molecule has 0 saturated carbocycles. The van der Waals surface area contributed by atoms with Crippen LogP contribution in [0.15, 0.2) is 101 Å². The van der Waals surface area contributed by atoms with Gasteiger partial charge in [-0.25, -0.2) is 4.98 Å². The second-order valence-corrected chi connectivity index (χ2v) is 12.8. The van der Waals surface area contributed by atoms with Crippen molar-refractivity contribution in [3.63, 3.8) is 0 Å². The standard InChI is InChI=1S/C37H35N3O2/c1-36(2,3)24-20-23(34(41)29(21-24)37(4,5)6)22-39-31-16-8-7-12-28(31)35-40-33-27(14-10-18-32(33)42-35)25-13-9-17-30-26(25)15-11-19-38-30/h7-22,41H,1-6H3. The van der Waals surface area contributed by atoms with Gasteiger partial charge in [-0.15, -0.1) is 0 Å². The Hall–Kier alpha value is -4.77. The minimum absolute atomic E-state index is 0.0791. The molecule has 2 heterocycles. The number of benzene rings is 4. The number of aromatic hydroxyl groups is 1. The quantitative estimate of drug-likeness (QED) is 0.221. The molecule has 0 aliphatic heterocycles. The first-order valence-corrected chi connectivity index (χ1v) is 14.3. The second kappa shape index (κ2) is 10.3. The van der Waals surface area contributed by atoms with Crippen molar-refractivity contribution in [2.24, 2.45) is 4.99 Å². The van der Waals surface area contributed by atoms with E-state index in [1.165, 1.54) is 0 Å². The molecule has 5 heteroatoms. The summed E-state index contributed by atoms with van der Waals surface area (Å²) in [6.45, 7) is 12.9. The summed E-state index contributed by atoms with van der Waals surface area (Å²) in [5.41, 5.74) is 8.38. The van der Waals surface area contributed by atoms with Crippen LogP contribution in [0.3, 0.4) is 0 Å². The predicted molar refractivity (Wildman–Crippen MR) is 173 cm³/mol. The van der Waals surface area contributed by atoms with Crippen molar-refractivity contribution >= 4 is 33.9 Å². The number of hydrogen-bond donors (Lipinski definition) is 1. The summed E-state index contributed by atoms with van der Waals surface area (Å²) >= 11 is 0. The van der Waals surface area contributed by atoms with Crippen molar-refractivity contribution in [3.8, 4) is 28.3 Å². The average molecular weight is 554 g/mol. The molecule has 0 aliphatic carbocycles. The minimum atomic E-state index is -0.220. The Morgan fingerprint density at radius 1 is 0.762 bits per heavy atom. The van der Waals surface area contributed by atoms with Crippen LogP contribution in [0, 0.1) is 0 Å².